The Bertz CT molecular complexity index is 523. The van der Waals surface area contributed by atoms with Gasteiger partial charge in [-0.3, -0.25) is 0 Å². The van der Waals surface area contributed by atoms with Gasteiger partial charge in [-0.15, -0.1) is 0 Å². The molecule has 0 saturated carbocycles. The lowest BCUT2D eigenvalue weighted by Gasteiger charge is -2.38. The van der Waals surface area contributed by atoms with Gasteiger partial charge in [0.1, 0.15) is 0 Å². The van der Waals surface area contributed by atoms with Crippen molar-refractivity contribution < 1.29 is 4.43 Å². The van der Waals surface area contributed by atoms with Crippen LogP contribution >= 0.6 is 0 Å². The van der Waals surface area contributed by atoms with Crippen LogP contribution in [0.25, 0.3) is 0 Å². The molecule has 19 heavy (non-hydrogen) atoms. The minimum atomic E-state index is -1.73. The zero-order valence-electron chi connectivity index (χ0n) is 12.6. The molecular formula is C16H23NOSi. The van der Waals surface area contributed by atoms with E-state index in [-0.39, 0.29) is 11.1 Å². The molecular weight excluding hydrogens is 250 g/mol. The smallest absolute Gasteiger partial charge is 0.192 e. The van der Waals surface area contributed by atoms with E-state index < -0.39 is 8.32 Å². The van der Waals surface area contributed by atoms with E-state index in [0.717, 1.165) is 18.4 Å². The molecule has 0 heterocycles. The minimum Gasteiger partial charge on any atom is -0.410 e. The standard InChI is InChI=1S/C16H23NOSi/c1-16(2,3)19(4,5)18-15-9-7-13-10-12(11-17)6-8-14(13)15/h6,8,10,15H,7,9H2,1-5H3. The molecule has 1 aromatic carbocycles. The van der Waals surface area contributed by atoms with Gasteiger partial charge in [-0.05, 0) is 54.2 Å². The minimum absolute atomic E-state index is 0.226. The predicted octanol–water partition coefficient (Wildman–Crippen LogP) is 4.57. The SMILES string of the molecule is CC(C)(C)[Si](C)(C)OC1CCc2cc(C#N)ccc21. The normalized spacial score (nSPS) is 19.1. The fourth-order valence-electron chi connectivity index (χ4n) is 2.30. The monoisotopic (exact) mass is 273 g/mol. The van der Waals surface area contributed by atoms with Crippen molar-refractivity contribution in [2.75, 3.05) is 0 Å². The molecule has 0 amide bonds. The first-order valence-electron chi connectivity index (χ1n) is 6.95. The fourth-order valence-corrected chi connectivity index (χ4v) is 3.61. The van der Waals surface area contributed by atoms with Gasteiger partial charge in [0.05, 0.1) is 17.7 Å². The molecule has 0 saturated heterocycles. The lowest BCUT2D eigenvalue weighted by Crippen LogP contribution is -2.41. The van der Waals surface area contributed by atoms with E-state index in [4.69, 9.17) is 9.69 Å². The van der Waals surface area contributed by atoms with Crippen LogP contribution in [-0.4, -0.2) is 8.32 Å². The van der Waals surface area contributed by atoms with Gasteiger partial charge in [-0.1, -0.05) is 26.8 Å². The number of benzene rings is 1. The van der Waals surface area contributed by atoms with Crippen molar-refractivity contribution >= 4 is 8.32 Å². The van der Waals surface area contributed by atoms with Gasteiger partial charge < -0.3 is 4.43 Å². The highest BCUT2D eigenvalue weighted by molar-refractivity contribution is 6.74. The molecule has 1 unspecified atom stereocenters. The molecule has 1 aliphatic carbocycles. The summed E-state index contributed by atoms with van der Waals surface area (Å²) in [6.45, 7) is 11.4. The fraction of sp³-hybridized carbons (Fsp3) is 0.562. The summed E-state index contributed by atoms with van der Waals surface area (Å²) in [5.74, 6) is 0. The van der Waals surface area contributed by atoms with Crippen molar-refractivity contribution in [3.05, 3.63) is 34.9 Å². The molecule has 0 aromatic heterocycles. The average Bonchev–Trinajstić information content (AvgIpc) is 2.69. The van der Waals surface area contributed by atoms with Crippen molar-refractivity contribution in [2.24, 2.45) is 0 Å². The lowest BCUT2D eigenvalue weighted by atomic mass is 10.1. The van der Waals surface area contributed by atoms with E-state index >= 15 is 0 Å². The first-order valence-corrected chi connectivity index (χ1v) is 9.86. The van der Waals surface area contributed by atoms with Gasteiger partial charge in [0.2, 0.25) is 0 Å². The van der Waals surface area contributed by atoms with E-state index in [1.165, 1.54) is 11.1 Å². The molecule has 0 N–H and O–H groups in total. The van der Waals surface area contributed by atoms with Crippen molar-refractivity contribution in [1.29, 1.82) is 5.26 Å². The van der Waals surface area contributed by atoms with Crippen molar-refractivity contribution in [3.63, 3.8) is 0 Å². The van der Waals surface area contributed by atoms with Crippen LogP contribution in [0.15, 0.2) is 18.2 Å². The Morgan fingerprint density at radius 3 is 2.58 bits per heavy atom. The second-order valence-corrected chi connectivity index (χ2v) is 11.7. The number of hydrogen-bond acceptors (Lipinski definition) is 2. The molecule has 0 fully saturated rings. The summed E-state index contributed by atoms with van der Waals surface area (Å²) in [6, 6.07) is 8.22. The summed E-state index contributed by atoms with van der Waals surface area (Å²) >= 11 is 0. The predicted molar refractivity (Wildman–Crippen MR) is 80.5 cm³/mol. The Labute approximate surface area is 117 Å². The highest BCUT2D eigenvalue weighted by Gasteiger charge is 2.40. The maximum absolute atomic E-state index is 8.95. The molecule has 1 aliphatic rings. The van der Waals surface area contributed by atoms with Crippen LogP contribution in [-0.2, 0) is 10.8 Å². The lowest BCUT2D eigenvalue weighted by molar-refractivity contribution is 0.185. The summed E-state index contributed by atoms with van der Waals surface area (Å²) in [5.41, 5.74) is 3.35. The van der Waals surface area contributed by atoms with E-state index in [9.17, 15) is 0 Å². The van der Waals surface area contributed by atoms with Crippen LogP contribution in [0, 0.1) is 11.3 Å². The number of nitriles is 1. The van der Waals surface area contributed by atoms with Crippen LogP contribution in [0.4, 0.5) is 0 Å². The molecule has 1 atom stereocenters. The first kappa shape index (κ1) is 14.3. The van der Waals surface area contributed by atoms with E-state index in [2.05, 4.69) is 46.0 Å². The van der Waals surface area contributed by atoms with E-state index in [0.29, 0.717) is 0 Å². The molecule has 2 rings (SSSR count). The second-order valence-electron chi connectivity index (χ2n) is 6.93. The average molecular weight is 273 g/mol. The van der Waals surface area contributed by atoms with Crippen LogP contribution in [0.3, 0.4) is 0 Å². The molecule has 2 nitrogen and oxygen atoms in total. The van der Waals surface area contributed by atoms with Gasteiger partial charge in [0.25, 0.3) is 0 Å². The zero-order chi connectivity index (χ0) is 14.3. The third-order valence-electron chi connectivity index (χ3n) is 4.54. The summed E-state index contributed by atoms with van der Waals surface area (Å²) in [5, 5.41) is 9.19. The molecule has 0 radical (unpaired) electrons. The van der Waals surface area contributed by atoms with Gasteiger partial charge in [-0.25, -0.2) is 0 Å². The summed E-state index contributed by atoms with van der Waals surface area (Å²) in [6.07, 6.45) is 2.31. The van der Waals surface area contributed by atoms with E-state index in [1.807, 2.05) is 12.1 Å². The van der Waals surface area contributed by atoms with Crippen molar-refractivity contribution in [2.45, 2.75) is 57.8 Å². The Morgan fingerprint density at radius 1 is 1.32 bits per heavy atom. The van der Waals surface area contributed by atoms with Gasteiger partial charge in [-0.2, -0.15) is 5.26 Å². The third-order valence-corrected chi connectivity index (χ3v) is 9.02. The number of fused-ring (bicyclic) bond motifs is 1. The summed E-state index contributed by atoms with van der Waals surface area (Å²) < 4.78 is 6.52. The maximum atomic E-state index is 8.95. The Hall–Kier alpha value is -1.11. The van der Waals surface area contributed by atoms with Gasteiger partial charge >= 0.3 is 0 Å². The summed E-state index contributed by atoms with van der Waals surface area (Å²) in [4.78, 5) is 0. The molecule has 102 valence electrons. The van der Waals surface area contributed by atoms with Crippen LogP contribution in [0.2, 0.25) is 18.1 Å². The number of nitrogens with zero attached hydrogens (tertiary/aromatic N) is 1. The highest BCUT2D eigenvalue weighted by Crippen LogP contribution is 2.43. The van der Waals surface area contributed by atoms with Crippen LogP contribution in [0.5, 0.6) is 0 Å². The van der Waals surface area contributed by atoms with Crippen LogP contribution in [0.1, 0.15) is 50.0 Å². The van der Waals surface area contributed by atoms with Gasteiger partial charge in [0, 0.05) is 0 Å². The Morgan fingerprint density at radius 2 is 2.00 bits per heavy atom. The highest BCUT2D eigenvalue weighted by atomic mass is 28.4. The Balaban J connectivity index is 2.22. The number of aryl methyl sites for hydroxylation is 1. The quantitative estimate of drug-likeness (QED) is 0.740. The number of hydrogen-bond donors (Lipinski definition) is 0. The van der Waals surface area contributed by atoms with Gasteiger partial charge in [0.15, 0.2) is 8.32 Å². The molecule has 0 bridgehead atoms. The van der Waals surface area contributed by atoms with Crippen molar-refractivity contribution in [3.8, 4) is 6.07 Å². The van der Waals surface area contributed by atoms with E-state index in [1.54, 1.807) is 0 Å². The van der Waals surface area contributed by atoms with Crippen LogP contribution < -0.4 is 0 Å². The third kappa shape index (κ3) is 2.75. The molecule has 0 spiro atoms. The summed E-state index contributed by atoms with van der Waals surface area (Å²) in [7, 11) is -1.73. The second kappa shape index (κ2) is 4.77. The molecule has 0 aliphatic heterocycles. The number of rotatable bonds is 2. The largest absolute Gasteiger partial charge is 0.410 e. The Kier molecular flexibility index (Phi) is 3.59. The maximum Gasteiger partial charge on any atom is 0.192 e. The molecule has 1 aromatic rings. The van der Waals surface area contributed by atoms with Crippen molar-refractivity contribution in [1.82, 2.24) is 0 Å². The molecule has 3 heteroatoms. The first-order chi connectivity index (χ1) is 8.74. The topological polar surface area (TPSA) is 33.0 Å². The zero-order valence-corrected chi connectivity index (χ0v) is 13.6.